The van der Waals surface area contributed by atoms with E-state index in [-0.39, 0.29) is 12.0 Å². The molecule has 0 heterocycles. The Labute approximate surface area is 161 Å². The van der Waals surface area contributed by atoms with Crippen LogP contribution in [0.5, 0.6) is 5.75 Å². The quantitative estimate of drug-likeness (QED) is 0.747. The van der Waals surface area contributed by atoms with Crippen molar-refractivity contribution in [2.75, 3.05) is 6.61 Å². The molecule has 2 N–H and O–H groups in total. The lowest BCUT2D eigenvalue weighted by Crippen LogP contribution is -2.39. The monoisotopic (exact) mass is 367 g/mol. The predicted molar refractivity (Wildman–Crippen MR) is 107 cm³/mol. The highest BCUT2D eigenvalue weighted by Crippen LogP contribution is 2.28. The van der Waals surface area contributed by atoms with Crippen LogP contribution < -0.4 is 10.1 Å². The molecule has 1 fully saturated rings. The van der Waals surface area contributed by atoms with Crippen molar-refractivity contribution >= 4 is 5.97 Å². The first-order valence-corrected chi connectivity index (χ1v) is 9.77. The number of carboxylic acid groups (broad SMARTS) is 1. The molecule has 3 rings (SSSR count). The van der Waals surface area contributed by atoms with Gasteiger partial charge in [-0.1, -0.05) is 48.5 Å². The molecule has 1 unspecified atom stereocenters. The van der Waals surface area contributed by atoms with Gasteiger partial charge in [0.25, 0.3) is 0 Å². The molecule has 1 saturated carbocycles. The highest BCUT2D eigenvalue weighted by Gasteiger charge is 2.27. The number of benzene rings is 2. The van der Waals surface area contributed by atoms with Gasteiger partial charge in [0.2, 0.25) is 0 Å². The zero-order chi connectivity index (χ0) is 19.2. The van der Waals surface area contributed by atoms with Crippen LogP contribution in [0.2, 0.25) is 0 Å². The fourth-order valence-electron chi connectivity index (χ4n) is 3.91. The maximum absolute atomic E-state index is 11.2. The minimum Gasteiger partial charge on any atom is -0.491 e. The van der Waals surface area contributed by atoms with Gasteiger partial charge < -0.3 is 15.2 Å². The van der Waals surface area contributed by atoms with Crippen LogP contribution in [0.3, 0.4) is 0 Å². The first kappa shape index (κ1) is 19.4. The maximum atomic E-state index is 11.2. The van der Waals surface area contributed by atoms with E-state index in [9.17, 15) is 9.90 Å². The summed E-state index contributed by atoms with van der Waals surface area (Å²) in [6.45, 7) is 4.69. The number of carboxylic acids is 1. The molecule has 27 heavy (non-hydrogen) atoms. The molecule has 4 nitrogen and oxygen atoms in total. The van der Waals surface area contributed by atoms with E-state index in [0.29, 0.717) is 12.6 Å². The Kier molecular flexibility index (Phi) is 6.51. The van der Waals surface area contributed by atoms with Crippen LogP contribution in [0.15, 0.2) is 48.5 Å². The van der Waals surface area contributed by atoms with Crippen molar-refractivity contribution in [2.45, 2.75) is 51.6 Å². The molecule has 2 aromatic rings. The number of ether oxygens (including phenoxy) is 1. The lowest BCUT2D eigenvalue weighted by atomic mass is 9.85. The number of rotatable bonds is 7. The minimum absolute atomic E-state index is 0.0802. The Morgan fingerprint density at radius 1 is 1.04 bits per heavy atom. The second-order valence-electron chi connectivity index (χ2n) is 7.55. The van der Waals surface area contributed by atoms with Crippen molar-refractivity contribution < 1.29 is 14.6 Å². The Morgan fingerprint density at radius 3 is 2.26 bits per heavy atom. The van der Waals surface area contributed by atoms with Gasteiger partial charge in [-0.2, -0.15) is 0 Å². The van der Waals surface area contributed by atoms with E-state index in [2.05, 4.69) is 43.4 Å². The Morgan fingerprint density at radius 2 is 1.67 bits per heavy atom. The normalized spacial score (nSPS) is 20.8. The summed E-state index contributed by atoms with van der Waals surface area (Å²) in [5.41, 5.74) is 3.48. The molecule has 4 heteroatoms. The number of hydrogen-bond donors (Lipinski definition) is 2. The van der Waals surface area contributed by atoms with Crippen LogP contribution in [0, 0.1) is 19.8 Å². The molecule has 0 saturated heterocycles. The second-order valence-corrected chi connectivity index (χ2v) is 7.55. The summed E-state index contributed by atoms with van der Waals surface area (Å²) in [5.74, 6) is 0.102. The van der Waals surface area contributed by atoms with Crippen molar-refractivity contribution in [3.05, 3.63) is 65.2 Å². The van der Waals surface area contributed by atoms with Gasteiger partial charge in [0.05, 0.1) is 12.0 Å². The zero-order valence-corrected chi connectivity index (χ0v) is 16.2. The van der Waals surface area contributed by atoms with E-state index in [1.54, 1.807) is 0 Å². The largest absolute Gasteiger partial charge is 0.491 e. The highest BCUT2D eigenvalue weighted by molar-refractivity contribution is 5.70. The van der Waals surface area contributed by atoms with Crippen LogP contribution in [-0.2, 0) is 4.79 Å². The first-order chi connectivity index (χ1) is 13.0. The number of para-hydroxylation sites is 1. The maximum Gasteiger partial charge on any atom is 0.306 e. The molecule has 0 spiro atoms. The van der Waals surface area contributed by atoms with E-state index in [0.717, 1.165) is 42.6 Å². The molecule has 0 radical (unpaired) electrons. The predicted octanol–water partition coefficient (Wildman–Crippen LogP) is 4.66. The topological polar surface area (TPSA) is 58.6 Å². The van der Waals surface area contributed by atoms with Crippen LogP contribution in [0.25, 0.3) is 0 Å². The summed E-state index contributed by atoms with van der Waals surface area (Å²) < 4.78 is 6.23. The van der Waals surface area contributed by atoms with Crippen molar-refractivity contribution in [1.29, 1.82) is 0 Å². The molecule has 0 aliphatic heterocycles. The number of aryl methyl sites for hydroxylation is 2. The molecule has 1 aliphatic rings. The minimum atomic E-state index is -0.661. The Balaban J connectivity index is 1.68. The summed E-state index contributed by atoms with van der Waals surface area (Å²) in [7, 11) is 0. The molecule has 1 atom stereocenters. The average molecular weight is 367 g/mol. The van der Waals surface area contributed by atoms with Crippen LogP contribution in [-0.4, -0.2) is 23.7 Å². The van der Waals surface area contributed by atoms with E-state index in [1.807, 2.05) is 24.3 Å². The van der Waals surface area contributed by atoms with Crippen molar-refractivity contribution in [2.24, 2.45) is 5.92 Å². The lowest BCUT2D eigenvalue weighted by molar-refractivity contribution is -0.142. The lowest BCUT2D eigenvalue weighted by Gasteiger charge is -2.31. The van der Waals surface area contributed by atoms with Gasteiger partial charge in [-0.05, 0) is 56.2 Å². The number of nitrogens with one attached hydrogen (secondary N) is 1. The van der Waals surface area contributed by atoms with Crippen LogP contribution in [0.4, 0.5) is 0 Å². The third kappa shape index (κ3) is 5.10. The summed E-state index contributed by atoms with van der Waals surface area (Å²) in [6, 6.07) is 16.9. The molecule has 1 aliphatic carbocycles. The van der Waals surface area contributed by atoms with Gasteiger partial charge in [0.15, 0.2) is 0 Å². The molecule has 144 valence electrons. The highest BCUT2D eigenvalue weighted by atomic mass is 16.5. The second kappa shape index (κ2) is 9.05. The fourth-order valence-corrected chi connectivity index (χ4v) is 3.91. The number of aliphatic carboxylic acids is 1. The number of carbonyl (C=O) groups is 1. The van der Waals surface area contributed by atoms with Crippen molar-refractivity contribution in [1.82, 2.24) is 5.32 Å². The molecule has 2 aromatic carbocycles. The van der Waals surface area contributed by atoms with Gasteiger partial charge in [-0.3, -0.25) is 4.79 Å². The van der Waals surface area contributed by atoms with Crippen molar-refractivity contribution in [3.8, 4) is 5.75 Å². The summed E-state index contributed by atoms with van der Waals surface area (Å²) in [6.07, 6.45) is 3.27. The van der Waals surface area contributed by atoms with Gasteiger partial charge in [-0.15, -0.1) is 0 Å². The summed E-state index contributed by atoms with van der Waals surface area (Å²) >= 11 is 0. The molecule has 0 bridgehead atoms. The average Bonchev–Trinajstić information content (AvgIpc) is 2.67. The van der Waals surface area contributed by atoms with Gasteiger partial charge in [0, 0.05) is 6.04 Å². The summed E-state index contributed by atoms with van der Waals surface area (Å²) in [4.78, 5) is 11.2. The van der Waals surface area contributed by atoms with E-state index < -0.39 is 5.97 Å². The first-order valence-electron chi connectivity index (χ1n) is 9.77. The van der Waals surface area contributed by atoms with Gasteiger partial charge >= 0.3 is 5.97 Å². The van der Waals surface area contributed by atoms with Crippen LogP contribution >= 0.6 is 0 Å². The Hall–Kier alpha value is -2.33. The van der Waals surface area contributed by atoms with Gasteiger partial charge in [-0.25, -0.2) is 0 Å². The van der Waals surface area contributed by atoms with E-state index in [1.165, 1.54) is 5.56 Å². The Bertz CT molecular complexity index is 731. The fraction of sp³-hybridized carbons (Fsp3) is 0.435. The smallest absolute Gasteiger partial charge is 0.306 e. The molecule has 0 aromatic heterocycles. The summed E-state index contributed by atoms with van der Waals surface area (Å²) in [5, 5.41) is 12.9. The van der Waals surface area contributed by atoms with Gasteiger partial charge in [0.1, 0.15) is 12.4 Å². The van der Waals surface area contributed by atoms with Crippen LogP contribution in [0.1, 0.15) is 48.4 Å². The number of hydrogen-bond acceptors (Lipinski definition) is 3. The third-order valence-electron chi connectivity index (χ3n) is 5.52. The molecule has 0 amide bonds. The standard InChI is InChI=1S/C23H29NO3/c1-16-7-6-8-17(2)22(16)27-15-21(18-9-4-3-5-10-18)24-20-13-11-19(12-14-20)23(25)26/h3-10,19-21,24H,11-15H2,1-2H3,(H,25,26). The van der Waals surface area contributed by atoms with E-state index in [4.69, 9.17) is 4.74 Å². The van der Waals surface area contributed by atoms with E-state index >= 15 is 0 Å². The third-order valence-corrected chi connectivity index (χ3v) is 5.52. The molecular formula is C23H29NO3. The molecular weight excluding hydrogens is 338 g/mol. The zero-order valence-electron chi connectivity index (χ0n) is 16.2. The SMILES string of the molecule is Cc1cccc(C)c1OCC(NC1CCC(C(=O)O)CC1)c1ccccc1. The van der Waals surface area contributed by atoms with Crippen molar-refractivity contribution in [3.63, 3.8) is 0 Å².